The van der Waals surface area contributed by atoms with Crippen LogP contribution in [0.25, 0.3) is 10.9 Å². The van der Waals surface area contributed by atoms with E-state index in [-0.39, 0.29) is 18.1 Å². The Kier molecular flexibility index (Phi) is 9.98. The minimum atomic E-state index is -0.324. The zero-order chi connectivity index (χ0) is 29.4. The van der Waals surface area contributed by atoms with Crippen molar-refractivity contribution in [2.24, 2.45) is 4.99 Å². The predicted molar refractivity (Wildman–Crippen MR) is 168 cm³/mol. The van der Waals surface area contributed by atoms with Gasteiger partial charge in [0.2, 0.25) is 0 Å². The number of aromatic nitrogens is 1. The van der Waals surface area contributed by atoms with Gasteiger partial charge in [-0.2, -0.15) is 5.26 Å². The maximum absolute atomic E-state index is 10.00. The van der Waals surface area contributed by atoms with E-state index < -0.39 is 0 Å². The molecule has 4 rings (SSSR count). The summed E-state index contributed by atoms with van der Waals surface area (Å²) in [4.78, 5) is 8.54. The second kappa shape index (κ2) is 13.8. The first-order chi connectivity index (χ1) is 19.9. The molecule has 0 radical (unpaired) electrons. The molecule has 0 amide bonds. The Morgan fingerprint density at radius 3 is 2.71 bits per heavy atom. The van der Waals surface area contributed by atoms with Crippen LogP contribution in [0.1, 0.15) is 31.0 Å². The number of allylic oxidation sites excluding steroid dienone is 1. The summed E-state index contributed by atoms with van der Waals surface area (Å²) in [5.41, 5.74) is 11.5. The first kappa shape index (κ1) is 29.6. The molecule has 41 heavy (non-hydrogen) atoms. The fraction of sp³-hybridized carbons (Fsp3) is 0.258. The van der Waals surface area contributed by atoms with E-state index in [0.717, 1.165) is 22.5 Å². The number of nitrogens with one attached hydrogen (secondary N) is 4. The minimum absolute atomic E-state index is 0.201. The maximum Gasteiger partial charge on any atom is 0.103 e. The van der Waals surface area contributed by atoms with Crippen molar-refractivity contribution >= 4 is 40.1 Å². The quantitative estimate of drug-likeness (QED) is 0.161. The van der Waals surface area contributed by atoms with Crippen LogP contribution in [-0.4, -0.2) is 49.1 Å². The first-order valence-electron chi connectivity index (χ1n) is 13.2. The largest absolute Gasteiger partial charge is 0.382 e. The van der Waals surface area contributed by atoms with E-state index in [1.165, 1.54) is 0 Å². The summed E-state index contributed by atoms with van der Waals surface area (Å²) < 4.78 is 5.52. The summed E-state index contributed by atoms with van der Waals surface area (Å²) in [6.45, 7) is 8.89. The van der Waals surface area contributed by atoms with Crippen LogP contribution in [0.2, 0.25) is 5.02 Å². The molecule has 2 aromatic carbocycles. The van der Waals surface area contributed by atoms with Crippen LogP contribution in [0, 0.1) is 11.3 Å². The first-order valence-corrected chi connectivity index (χ1v) is 13.6. The molecule has 2 atom stereocenters. The molecule has 0 fully saturated rings. The van der Waals surface area contributed by atoms with Crippen LogP contribution < -0.4 is 21.6 Å². The van der Waals surface area contributed by atoms with E-state index in [9.17, 15) is 5.26 Å². The van der Waals surface area contributed by atoms with Gasteiger partial charge < -0.3 is 20.8 Å². The Morgan fingerprint density at radius 2 is 2.05 bits per heavy atom. The van der Waals surface area contributed by atoms with Gasteiger partial charge in [0.15, 0.2) is 0 Å². The Labute approximate surface area is 246 Å². The lowest BCUT2D eigenvalue weighted by molar-refractivity contribution is 0.186. The SMILES string of the molecule is C=C(/C=C\C=N/C)[C@H](Nc1cc(Cl)c2ncc(C#N)c(NC(COC)c3ccccc3)c2c1)C1=CN(C(C)C)NN1. The molecule has 1 aliphatic rings. The van der Waals surface area contributed by atoms with Crippen molar-refractivity contribution in [3.63, 3.8) is 0 Å². The molecule has 1 unspecified atom stereocenters. The van der Waals surface area contributed by atoms with E-state index in [1.54, 1.807) is 26.6 Å². The summed E-state index contributed by atoms with van der Waals surface area (Å²) in [5, 5.41) is 20.3. The highest BCUT2D eigenvalue weighted by molar-refractivity contribution is 6.35. The number of ether oxygens (including phenoxy) is 1. The second-order valence-corrected chi connectivity index (χ2v) is 10.2. The number of hydrogen-bond acceptors (Lipinski definition) is 9. The molecule has 212 valence electrons. The van der Waals surface area contributed by atoms with Gasteiger partial charge >= 0.3 is 0 Å². The van der Waals surface area contributed by atoms with Gasteiger partial charge in [0.05, 0.1) is 46.2 Å². The third kappa shape index (κ3) is 7.05. The highest BCUT2D eigenvalue weighted by Crippen LogP contribution is 2.36. The number of benzene rings is 2. The summed E-state index contributed by atoms with van der Waals surface area (Å²) in [7, 11) is 3.37. The van der Waals surface area contributed by atoms with E-state index in [4.69, 9.17) is 16.3 Å². The van der Waals surface area contributed by atoms with Crippen LogP contribution in [0.3, 0.4) is 0 Å². The lowest BCUT2D eigenvalue weighted by Crippen LogP contribution is -2.42. The smallest absolute Gasteiger partial charge is 0.103 e. The van der Waals surface area contributed by atoms with E-state index in [0.29, 0.717) is 33.8 Å². The minimum Gasteiger partial charge on any atom is -0.382 e. The molecule has 1 aromatic heterocycles. The molecule has 0 spiro atoms. The monoisotopic (exact) mass is 570 g/mol. The number of hydrazine groups is 2. The number of nitrogens with zero attached hydrogens (tertiary/aromatic N) is 4. The van der Waals surface area contributed by atoms with Gasteiger partial charge in [0.1, 0.15) is 6.07 Å². The predicted octanol–water partition coefficient (Wildman–Crippen LogP) is 5.73. The van der Waals surface area contributed by atoms with Crippen molar-refractivity contribution in [3.8, 4) is 6.07 Å². The molecule has 0 bridgehead atoms. The van der Waals surface area contributed by atoms with Gasteiger partial charge in [0, 0.05) is 49.9 Å². The average molecular weight is 571 g/mol. The van der Waals surface area contributed by atoms with Crippen molar-refractivity contribution in [2.45, 2.75) is 32.0 Å². The van der Waals surface area contributed by atoms with Crippen LogP contribution in [-0.2, 0) is 4.74 Å². The van der Waals surface area contributed by atoms with Gasteiger partial charge in [0.25, 0.3) is 0 Å². The molecule has 1 aliphatic heterocycles. The molecule has 0 aliphatic carbocycles. The number of anilines is 2. The fourth-order valence-corrected chi connectivity index (χ4v) is 4.75. The zero-order valence-corrected chi connectivity index (χ0v) is 24.4. The van der Waals surface area contributed by atoms with Crippen LogP contribution in [0.4, 0.5) is 11.4 Å². The summed E-state index contributed by atoms with van der Waals surface area (Å²) in [6.07, 6.45) is 9.02. The number of rotatable bonds is 12. The Morgan fingerprint density at radius 1 is 1.27 bits per heavy atom. The number of pyridine rings is 1. The Hall–Kier alpha value is -4.36. The molecule has 9 nitrogen and oxygen atoms in total. The van der Waals surface area contributed by atoms with Gasteiger partial charge in [-0.3, -0.25) is 15.0 Å². The topological polar surface area (TPSA) is 110 Å². The number of nitriles is 1. The lowest BCUT2D eigenvalue weighted by atomic mass is 10.0. The molecule has 3 aromatic rings. The highest BCUT2D eigenvalue weighted by Gasteiger charge is 2.24. The second-order valence-electron chi connectivity index (χ2n) is 9.82. The van der Waals surface area contributed by atoms with Crippen molar-refractivity contribution in [3.05, 3.63) is 101 Å². The van der Waals surface area contributed by atoms with Crippen molar-refractivity contribution < 1.29 is 4.74 Å². The van der Waals surface area contributed by atoms with Gasteiger partial charge in [-0.15, -0.1) is 5.53 Å². The fourth-order valence-electron chi connectivity index (χ4n) is 4.48. The highest BCUT2D eigenvalue weighted by atomic mass is 35.5. The Balaban J connectivity index is 1.78. The Bertz CT molecular complexity index is 1510. The summed E-state index contributed by atoms with van der Waals surface area (Å²) in [6, 6.07) is 15.7. The maximum atomic E-state index is 10.00. The molecule has 10 heteroatoms. The standard InChI is InChI=1S/C31H35ClN8O/c1-20(2)40-18-27(38-39-40)29(21(3)10-9-13-34-4)36-24-14-25-30(23(16-33)17-35-31(25)26(32)15-24)37-28(19-41-5)22-11-7-6-8-12-22/h6-15,17-18,20,28-29,36,38-39H,3,19H2,1-2,4-5H3,(H,35,37)/b10-9-,34-13-/t28?,29-/m0/s1. The normalized spacial score (nSPS) is 14.8. The molecule has 0 saturated carbocycles. The van der Waals surface area contributed by atoms with Crippen molar-refractivity contribution in [1.82, 2.24) is 21.0 Å². The van der Waals surface area contributed by atoms with E-state index >= 15 is 0 Å². The van der Waals surface area contributed by atoms with Gasteiger partial charge in [-0.25, -0.2) is 0 Å². The zero-order valence-electron chi connectivity index (χ0n) is 23.6. The van der Waals surface area contributed by atoms with Crippen LogP contribution >= 0.6 is 11.6 Å². The third-order valence-electron chi connectivity index (χ3n) is 6.60. The van der Waals surface area contributed by atoms with Crippen LogP contribution in [0.5, 0.6) is 0 Å². The molecule has 2 heterocycles. The summed E-state index contributed by atoms with van der Waals surface area (Å²) in [5.74, 6) is 0. The average Bonchev–Trinajstić information content (AvgIpc) is 3.47. The van der Waals surface area contributed by atoms with Crippen molar-refractivity contribution in [2.75, 3.05) is 31.4 Å². The summed E-state index contributed by atoms with van der Waals surface area (Å²) >= 11 is 6.79. The lowest BCUT2D eigenvalue weighted by Gasteiger charge is -2.24. The number of fused-ring (bicyclic) bond motifs is 1. The third-order valence-corrected chi connectivity index (χ3v) is 6.89. The van der Waals surface area contributed by atoms with E-state index in [1.807, 2.05) is 65.8 Å². The number of methoxy groups -OCH3 is 1. The molecule has 4 N–H and O–H groups in total. The molecular weight excluding hydrogens is 536 g/mol. The number of aliphatic imine (C=N–C) groups is 1. The van der Waals surface area contributed by atoms with Gasteiger partial charge in [-0.05, 0) is 43.2 Å². The van der Waals surface area contributed by atoms with Crippen LogP contribution in [0.15, 0.2) is 89.9 Å². The number of hydrogen-bond donors (Lipinski definition) is 4. The number of halogens is 1. The molecular formula is C31H35ClN8O. The van der Waals surface area contributed by atoms with Gasteiger partial charge in [-0.1, -0.05) is 54.6 Å². The molecule has 0 saturated heterocycles. The van der Waals surface area contributed by atoms with Crippen molar-refractivity contribution in [1.29, 1.82) is 5.26 Å². The van der Waals surface area contributed by atoms with E-state index in [2.05, 4.69) is 58.1 Å².